The highest BCUT2D eigenvalue weighted by molar-refractivity contribution is 6.42. The van der Waals surface area contributed by atoms with Crippen molar-refractivity contribution in [2.75, 3.05) is 20.8 Å². The van der Waals surface area contributed by atoms with Crippen LogP contribution in [0.2, 0.25) is 10.0 Å². The molecular formula is C19H19Cl2NO4. The number of nitrogens with zero attached hydrogens (tertiary/aromatic N) is 1. The maximum Gasteiger partial charge on any atom is 0.410 e. The third-order valence-electron chi connectivity index (χ3n) is 4.33. The van der Waals surface area contributed by atoms with Crippen LogP contribution in [0, 0.1) is 0 Å². The van der Waals surface area contributed by atoms with Crippen LogP contribution in [0.5, 0.6) is 11.5 Å². The van der Waals surface area contributed by atoms with Crippen LogP contribution in [-0.2, 0) is 17.7 Å². The molecule has 0 aliphatic carbocycles. The van der Waals surface area contributed by atoms with Crippen molar-refractivity contribution in [3.05, 3.63) is 57.6 Å². The molecule has 1 amide bonds. The second kappa shape index (κ2) is 8.06. The number of amides is 1. The van der Waals surface area contributed by atoms with E-state index in [0.29, 0.717) is 41.1 Å². The van der Waals surface area contributed by atoms with Crippen LogP contribution < -0.4 is 9.47 Å². The molecule has 3 rings (SSSR count). The average Bonchev–Trinajstić information content (AvgIpc) is 2.98. The van der Waals surface area contributed by atoms with Crippen LogP contribution in [0.25, 0.3) is 0 Å². The van der Waals surface area contributed by atoms with Gasteiger partial charge in [-0.3, -0.25) is 4.90 Å². The monoisotopic (exact) mass is 395 g/mol. The van der Waals surface area contributed by atoms with Crippen molar-refractivity contribution in [1.29, 1.82) is 0 Å². The van der Waals surface area contributed by atoms with Crippen LogP contribution in [0.15, 0.2) is 36.4 Å². The van der Waals surface area contributed by atoms with E-state index < -0.39 is 0 Å². The SMILES string of the molecule is COc1ccc(CC2COC(=O)N2Cc2ccc(Cl)c(Cl)c2)cc1OC. The fourth-order valence-electron chi connectivity index (χ4n) is 2.97. The molecule has 1 fully saturated rings. The number of methoxy groups -OCH3 is 2. The number of rotatable bonds is 6. The van der Waals surface area contributed by atoms with E-state index in [0.717, 1.165) is 11.1 Å². The first-order chi connectivity index (χ1) is 12.5. The molecule has 0 saturated carbocycles. The van der Waals surface area contributed by atoms with Crippen LogP contribution in [0.3, 0.4) is 0 Å². The Morgan fingerprint density at radius 2 is 1.77 bits per heavy atom. The molecule has 7 heteroatoms. The largest absolute Gasteiger partial charge is 0.493 e. The second-order valence-corrected chi connectivity index (χ2v) is 6.81. The summed E-state index contributed by atoms with van der Waals surface area (Å²) in [7, 11) is 3.19. The molecule has 0 radical (unpaired) electrons. The fraction of sp³-hybridized carbons (Fsp3) is 0.316. The number of hydrogen-bond acceptors (Lipinski definition) is 4. The van der Waals surface area contributed by atoms with E-state index in [1.54, 1.807) is 31.3 Å². The quantitative estimate of drug-likeness (QED) is 0.718. The Morgan fingerprint density at radius 1 is 1.04 bits per heavy atom. The van der Waals surface area contributed by atoms with Gasteiger partial charge in [0, 0.05) is 6.54 Å². The van der Waals surface area contributed by atoms with Gasteiger partial charge in [0.15, 0.2) is 11.5 Å². The van der Waals surface area contributed by atoms with Gasteiger partial charge in [-0.25, -0.2) is 4.79 Å². The van der Waals surface area contributed by atoms with E-state index in [1.165, 1.54) is 0 Å². The van der Waals surface area contributed by atoms with Crippen LogP contribution in [-0.4, -0.2) is 37.9 Å². The van der Waals surface area contributed by atoms with Crippen molar-refractivity contribution < 1.29 is 19.0 Å². The van der Waals surface area contributed by atoms with Gasteiger partial charge >= 0.3 is 6.09 Å². The summed E-state index contributed by atoms with van der Waals surface area (Å²) in [4.78, 5) is 13.9. The van der Waals surface area contributed by atoms with E-state index >= 15 is 0 Å². The number of halogens is 2. The number of ether oxygens (including phenoxy) is 3. The number of carbonyl (C=O) groups excluding carboxylic acids is 1. The second-order valence-electron chi connectivity index (χ2n) is 6.00. The molecule has 0 bridgehead atoms. The predicted octanol–water partition coefficient (Wildman–Crippen LogP) is 4.57. The maximum absolute atomic E-state index is 12.2. The lowest BCUT2D eigenvalue weighted by atomic mass is 10.0. The molecule has 1 aliphatic rings. The Hall–Kier alpha value is -2.11. The van der Waals surface area contributed by atoms with E-state index in [2.05, 4.69) is 0 Å². The Labute approximate surface area is 162 Å². The minimum Gasteiger partial charge on any atom is -0.493 e. The summed E-state index contributed by atoms with van der Waals surface area (Å²) >= 11 is 12.0. The van der Waals surface area contributed by atoms with Gasteiger partial charge in [-0.15, -0.1) is 0 Å². The van der Waals surface area contributed by atoms with Gasteiger partial charge in [-0.1, -0.05) is 35.3 Å². The standard InChI is InChI=1S/C19H19Cl2NO4/c1-24-17-6-4-12(9-18(17)25-2)7-14-11-26-19(23)22(14)10-13-3-5-15(20)16(21)8-13/h3-6,8-9,14H,7,10-11H2,1-2H3. The summed E-state index contributed by atoms with van der Waals surface area (Å²) in [6.07, 6.45) is 0.314. The molecule has 0 aromatic heterocycles. The highest BCUT2D eigenvalue weighted by atomic mass is 35.5. The molecule has 2 aromatic rings. The van der Waals surface area contributed by atoms with E-state index in [1.807, 2.05) is 24.3 Å². The lowest BCUT2D eigenvalue weighted by Gasteiger charge is -2.22. The zero-order valence-corrected chi connectivity index (χ0v) is 16.0. The van der Waals surface area contributed by atoms with Gasteiger partial charge in [0.05, 0.1) is 30.3 Å². The van der Waals surface area contributed by atoms with Crippen molar-refractivity contribution in [2.24, 2.45) is 0 Å². The van der Waals surface area contributed by atoms with Crippen molar-refractivity contribution in [3.63, 3.8) is 0 Å². The molecule has 138 valence electrons. The topological polar surface area (TPSA) is 48.0 Å². The average molecular weight is 396 g/mol. The minimum absolute atomic E-state index is 0.0740. The lowest BCUT2D eigenvalue weighted by Crippen LogP contribution is -2.34. The highest BCUT2D eigenvalue weighted by Crippen LogP contribution is 2.30. The first-order valence-corrected chi connectivity index (χ1v) is 8.85. The van der Waals surface area contributed by atoms with Crippen molar-refractivity contribution in [1.82, 2.24) is 4.90 Å². The summed E-state index contributed by atoms with van der Waals surface area (Å²) in [6, 6.07) is 11.0. The molecule has 1 heterocycles. The van der Waals surface area contributed by atoms with Crippen LogP contribution in [0.1, 0.15) is 11.1 Å². The zero-order valence-electron chi connectivity index (χ0n) is 14.5. The molecule has 1 aliphatic heterocycles. The van der Waals surface area contributed by atoms with Crippen LogP contribution in [0.4, 0.5) is 4.79 Å². The molecule has 2 aromatic carbocycles. The maximum atomic E-state index is 12.2. The normalized spacial score (nSPS) is 16.5. The third-order valence-corrected chi connectivity index (χ3v) is 5.07. The minimum atomic E-state index is -0.332. The number of carbonyl (C=O) groups is 1. The molecule has 5 nitrogen and oxygen atoms in total. The third kappa shape index (κ3) is 4.00. The van der Waals surface area contributed by atoms with Gasteiger partial charge < -0.3 is 14.2 Å². The Morgan fingerprint density at radius 3 is 2.46 bits per heavy atom. The highest BCUT2D eigenvalue weighted by Gasteiger charge is 2.33. The van der Waals surface area contributed by atoms with Crippen LogP contribution >= 0.6 is 23.2 Å². The van der Waals surface area contributed by atoms with Gasteiger partial charge in [-0.05, 0) is 41.8 Å². The molecule has 1 saturated heterocycles. The smallest absolute Gasteiger partial charge is 0.410 e. The Kier molecular flexibility index (Phi) is 5.79. The van der Waals surface area contributed by atoms with Gasteiger partial charge in [-0.2, -0.15) is 0 Å². The zero-order chi connectivity index (χ0) is 18.7. The summed E-state index contributed by atoms with van der Waals surface area (Å²) in [6.45, 7) is 0.752. The predicted molar refractivity (Wildman–Crippen MR) is 100 cm³/mol. The number of cyclic esters (lactones) is 1. The number of benzene rings is 2. The molecular weight excluding hydrogens is 377 g/mol. The number of hydrogen-bond donors (Lipinski definition) is 0. The van der Waals surface area contributed by atoms with Gasteiger partial charge in [0.2, 0.25) is 0 Å². The van der Waals surface area contributed by atoms with Crippen molar-refractivity contribution in [2.45, 2.75) is 19.0 Å². The summed E-state index contributed by atoms with van der Waals surface area (Å²) < 4.78 is 15.9. The van der Waals surface area contributed by atoms with E-state index in [9.17, 15) is 4.79 Å². The van der Waals surface area contributed by atoms with Gasteiger partial charge in [0.25, 0.3) is 0 Å². The summed E-state index contributed by atoms with van der Waals surface area (Å²) in [5, 5.41) is 0.953. The fourth-order valence-corrected chi connectivity index (χ4v) is 3.29. The first kappa shape index (κ1) is 18.7. The lowest BCUT2D eigenvalue weighted by molar-refractivity contribution is 0.156. The summed E-state index contributed by atoms with van der Waals surface area (Å²) in [5.41, 5.74) is 1.93. The van der Waals surface area contributed by atoms with E-state index in [-0.39, 0.29) is 12.1 Å². The van der Waals surface area contributed by atoms with Crippen molar-refractivity contribution >= 4 is 29.3 Å². The Balaban J connectivity index is 1.76. The Bertz CT molecular complexity index is 812. The molecule has 26 heavy (non-hydrogen) atoms. The first-order valence-electron chi connectivity index (χ1n) is 8.10. The molecule has 1 atom stereocenters. The van der Waals surface area contributed by atoms with Gasteiger partial charge in [0.1, 0.15) is 6.61 Å². The molecule has 0 N–H and O–H groups in total. The molecule has 0 spiro atoms. The summed E-state index contributed by atoms with van der Waals surface area (Å²) in [5.74, 6) is 1.33. The molecule has 1 unspecified atom stereocenters. The van der Waals surface area contributed by atoms with E-state index in [4.69, 9.17) is 37.4 Å². The van der Waals surface area contributed by atoms with Crippen molar-refractivity contribution in [3.8, 4) is 11.5 Å².